The van der Waals surface area contributed by atoms with E-state index in [2.05, 4.69) is 50.0 Å². The van der Waals surface area contributed by atoms with Crippen molar-refractivity contribution in [2.45, 2.75) is 51.4 Å². The first kappa shape index (κ1) is 43.3. The first-order valence-corrected chi connectivity index (χ1v) is 20.8. The maximum atomic E-state index is 13.2. The third-order valence-corrected chi connectivity index (χ3v) is 10.2. The Morgan fingerprint density at radius 1 is 0.635 bits per heavy atom. The number of allylic oxidation sites excluding steroid dienone is 1. The van der Waals surface area contributed by atoms with E-state index >= 15 is 0 Å². The van der Waals surface area contributed by atoms with Gasteiger partial charge in [-0.15, -0.1) is 0 Å². The Balaban J connectivity index is 0.000000189. The van der Waals surface area contributed by atoms with Gasteiger partial charge >= 0.3 is 0 Å². The third kappa shape index (κ3) is 12.6. The van der Waals surface area contributed by atoms with Gasteiger partial charge in [0.1, 0.15) is 11.6 Å². The summed E-state index contributed by atoms with van der Waals surface area (Å²) in [5, 5.41) is 12.7. The number of hydrogen-bond donors (Lipinski definition) is 0. The molecule has 0 atom stereocenters. The molecule has 0 bridgehead atoms. The Morgan fingerprint density at radius 3 is 1.60 bits per heavy atom. The van der Waals surface area contributed by atoms with Crippen LogP contribution in [0.2, 0.25) is 0 Å². The summed E-state index contributed by atoms with van der Waals surface area (Å²) in [5.74, 6) is 12.0. The number of rotatable bonds is 14. The molecule has 0 spiro atoms. The highest BCUT2D eigenvalue weighted by atomic mass is 19.1. The van der Waals surface area contributed by atoms with Crippen molar-refractivity contribution in [3.63, 3.8) is 0 Å². The topological polar surface area (TPSA) is 100.0 Å². The minimum absolute atomic E-state index is 0.0908. The number of carbonyl (C=O) groups excluding carboxylic acids is 2. The van der Waals surface area contributed by atoms with Crippen molar-refractivity contribution in [1.29, 1.82) is 0 Å². The molecule has 9 nitrogen and oxygen atoms in total. The number of ketones is 2. The quantitative estimate of drug-likeness (QED) is 0.0617. The van der Waals surface area contributed by atoms with Gasteiger partial charge in [0, 0.05) is 79.3 Å². The van der Waals surface area contributed by atoms with Gasteiger partial charge in [-0.3, -0.25) is 19.3 Å². The molecule has 8 rings (SSSR count). The lowest BCUT2D eigenvalue weighted by Crippen LogP contribution is -2.04. The molecule has 11 heteroatoms. The SMILES string of the molecule is Cn1cc(CCCCC(=O)c2ccc(-n3cccn3)c(C#Cc3ccc(F)cc3)c2)cn1.O=C(CCCCC1=CCN=C1)c1ccc(-n2cccn2)c(C#Cc2ccc(F)cc2)c1. The highest BCUT2D eigenvalue weighted by molar-refractivity contribution is 5.97. The standard InChI is InChI=1S/C26H23FN4O.C26H22FN3O/c1-30-19-21(18-29-30)5-2-3-6-26(32)23-11-14-25(31-16-4-15-28-31)22(17-23)10-7-20-8-12-24(27)13-9-20;27-24-11-7-20(8-12-24)6-9-22-18-23(10-13-25(22)30-17-3-15-29-30)26(31)5-2-1-4-21-14-16-28-19-21/h4,8-9,11-19H,2-3,5-6H2,1H3;3,7-8,10-15,17-19H,1-2,4-5,16H2. The number of halogens is 2. The van der Waals surface area contributed by atoms with Gasteiger partial charge in [0.25, 0.3) is 0 Å². The van der Waals surface area contributed by atoms with Gasteiger partial charge in [-0.1, -0.05) is 29.8 Å². The van der Waals surface area contributed by atoms with Gasteiger partial charge in [0.2, 0.25) is 0 Å². The third-order valence-electron chi connectivity index (χ3n) is 10.2. The smallest absolute Gasteiger partial charge is 0.162 e. The van der Waals surface area contributed by atoms with Crippen LogP contribution in [0.1, 0.15) is 93.5 Å². The summed E-state index contributed by atoms with van der Waals surface area (Å²) in [6.45, 7) is 0.776. The second kappa shape index (κ2) is 21.7. The first-order valence-electron chi connectivity index (χ1n) is 20.8. The van der Waals surface area contributed by atoms with E-state index in [4.69, 9.17) is 0 Å². The molecule has 63 heavy (non-hydrogen) atoms. The molecule has 3 aromatic heterocycles. The molecule has 0 radical (unpaired) electrons. The average Bonchev–Trinajstić information content (AvgIpc) is 4.17. The van der Waals surface area contributed by atoms with Crippen molar-refractivity contribution in [3.8, 4) is 35.1 Å². The fourth-order valence-electron chi connectivity index (χ4n) is 6.87. The maximum absolute atomic E-state index is 13.2. The zero-order chi connectivity index (χ0) is 43.8. The molecule has 4 heterocycles. The molecular weight excluding hydrogens is 793 g/mol. The number of nitrogens with zero attached hydrogens (tertiary/aromatic N) is 7. The molecule has 0 saturated heterocycles. The fraction of sp³-hybridized carbons (Fsp3) is 0.192. The van der Waals surface area contributed by atoms with Crippen LogP contribution in [-0.4, -0.2) is 53.7 Å². The van der Waals surface area contributed by atoms with Gasteiger partial charge in [-0.25, -0.2) is 18.1 Å². The number of carbonyl (C=O) groups is 2. The number of hydrogen-bond acceptors (Lipinski definition) is 6. The van der Waals surface area contributed by atoms with Crippen molar-refractivity contribution in [3.05, 3.63) is 196 Å². The molecule has 7 aromatic rings. The second-order valence-electron chi connectivity index (χ2n) is 14.9. The summed E-state index contributed by atoms with van der Waals surface area (Å²) >= 11 is 0. The molecule has 314 valence electrons. The molecular formula is C52H45F2N7O2. The Hall–Kier alpha value is -7.76. The lowest BCUT2D eigenvalue weighted by Gasteiger charge is -2.08. The predicted molar refractivity (Wildman–Crippen MR) is 241 cm³/mol. The lowest BCUT2D eigenvalue weighted by molar-refractivity contribution is 0.0971. The van der Waals surface area contributed by atoms with Crippen LogP contribution in [0.3, 0.4) is 0 Å². The van der Waals surface area contributed by atoms with Gasteiger partial charge in [0.05, 0.1) is 35.2 Å². The Kier molecular flexibility index (Phi) is 14.9. The summed E-state index contributed by atoms with van der Waals surface area (Å²) < 4.78 is 31.5. The molecule has 4 aromatic carbocycles. The number of aryl methyl sites for hydroxylation is 2. The number of unbranched alkanes of at least 4 members (excludes halogenated alkanes) is 2. The zero-order valence-electron chi connectivity index (χ0n) is 34.9. The predicted octanol–water partition coefficient (Wildman–Crippen LogP) is 9.91. The Bertz CT molecular complexity index is 2830. The number of benzene rings is 4. The summed E-state index contributed by atoms with van der Waals surface area (Å²) in [5.41, 5.74) is 8.09. The van der Waals surface area contributed by atoms with E-state index in [9.17, 15) is 18.4 Å². The monoisotopic (exact) mass is 837 g/mol. The van der Waals surface area contributed by atoms with Gasteiger partial charge in [-0.05, 0) is 147 Å². The fourth-order valence-corrected chi connectivity index (χ4v) is 6.87. The van der Waals surface area contributed by atoms with E-state index in [0.717, 1.165) is 56.4 Å². The van der Waals surface area contributed by atoms with E-state index < -0.39 is 0 Å². The minimum atomic E-state index is -0.302. The highest BCUT2D eigenvalue weighted by Crippen LogP contribution is 2.21. The van der Waals surface area contributed by atoms with Crippen LogP contribution in [0.4, 0.5) is 8.78 Å². The molecule has 1 aliphatic heterocycles. The number of aromatic nitrogens is 6. The summed E-state index contributed by atoms with van der Waals surface area (Å²) in [7, 11) is 1.90. The summed E-state index contributed by atoms with van der Waals surface area (Å²) in [4.78, 5) is 29.7. The summed E-state index contributed by atoms with van der Waals surface area (Å²) in [6, 6.07) is 26.7. The van der Waals surface area contributed by atoms with E-state index in [0.29, 0.717) is 46.2 Å². The van der Waals surface area contributed by atoms with Crippen LogP contribution in [0.25, 0.3) is 11.4 Å². The van der Waals surface area contributed by atoms with Crippen molar-refractivity contribution in [1.82, 2.24) is 29.3 Å². The molecule has 0 fully saturated rings. The molecule has 0 saturated carbocycles. The average molecular weight is 838 g/mol. The summed E-state index contributed by atoms with van der Waals surface area (Å²) in [6.07, 6.45) is 21.4. The van der Waals surface area contributed by atoms with E-state index in [-0.39, 0.29) is 23.2 Å². The molecule has 0 aliphatic carbocycles. The zero-order valence-corrected chi connectivity index (χ0v) is 34.9. The van der Waals surface area contributed by atoms with Crippen molar-refractivity contribution in [2.24, 2.45) is 12.0 Å². The van der Waals surface area contributed by atoms with Crippen LogP contribution in [0.5, 0.6) is 0 Å². The van der Waals surface area contributed by atoms with Crippen molar-refractivity contribution in [2.75, 3.05) is 6.54 Å². The van der Waals surface area contributed by atoms with Crippen LogP contribution in [0.15, 0.2) is 151 Å². The second-order valence-corrected chi connectivity index (χ2v) is 14.9. The molecule has 0 unspecified atom stereocenters. The Morgan fingerprint density at radius 2 is 1.16 bits per heavy atom. The highest BCUT2D eigenvalue weighted by Gasteiger charge is 2.13. The van der Waals surface area contributed by atoms with Gasteiger partial charge in [0.15, 0.2) is 11.6 Å². The normalized spacial score (nSPS) is 11.4. The van der Waals surface area contributed by atoms with Crippen LogP contribution in [-0.2, 0) is 13.5 Å². The molecule has 1 aliphatic rings. The van der Waals surface area contributed by atoms with E-state index in [1.165, 1.54) is 35.4 Å². The van der Waals surface area contributed by atoms with Gasteiger partial charge in [-0.2, -0.15) is 15.3 Å². The van der Waals surface area contributed by atoms with Crippen molar-refractivity contribution < 1.29 is 18.4 Å². The number of Topliss-reactive ketones (excluding diaryl/α,β-unsaturated/α-hetero) is 2. The largest absolute Gasteiger partial charge is 0.294 e. The molecule has 0 N–H and O–H groups in total. The number of aliphatic imine (C=N–C) groups is 1. The maximum Gasteiger partial charge on any atom is 0.162 e. The lowest BCUT2D eigenvalue weighted by atomic mass is 10.0. The van der Waals surface area contributed by atoms with Crippen LogP contribution >= 0.6 is 0 Å². The minimum Gasteiger partial charge on any atom is -0.294 e. The van der Waals surface area contributed by atoms with Crippen LogP contribution < -0.4 is 0 Å². The van der Waals surface area contributed by atoms with Crippen molar-refractivity contribution >= 4 is 17.8 Å². The van der Waals surface area contributed by atoms with Crippen LogP contribution in [0, 0.1) is 35.3 Å². The first-order chi connectivity index (χ1) is 30.8. The van der Waals surface area contributed by atoms with E-state index in [1.807, 2.05) is 86.6 Å². The molecule has 0 amide bonds. The van der Waals surface area contributed by atoms with Gasteiger partial charge < -0.3 is 0 Å². The van der Waals surface area contributed by atoms with E-state index in [1.54, 1.807) is 50.7 Å². The Labute approximate surface area is 365 Å².